The first-order valence-electron chi connectivity index (χ1n) is 6.30. The van der Waals surface area contributed by atoms with E-state index in [1.54, 1.807) is 24.3 Å². The first kappa shape index (κ1) is 14.5. The highest BCUT2D eigenvalue weighted by Crippen LogP contribution is 2.27. The number of aromatic nitrogens is 2. The van der Waals surface area contributed by atoms with Gasteiger partial charge in [-0.1, -0.05) is 26.0 Å². The van der Waals surface area contributed by atoms with Crippen LogP contribution in [0.2, 0.25) is 0 Å². The fourth-order valence-corrected chi connectivity index (χ4v) is 1.66. The molecule has 0 saturated heterocycles. The van der Waals surface area contributed by atoms with E-state index in [9.17, 15) is 9.90 Å². The molecule has 1 aromatic heterocycles. The molecule has 0 aliphatic heterocycles. The maximum atomic E-state index is 11.3. The molecule has 2 aromatic rings. The van der Waals surface area contributed by atoms with Gasteiger partial charge in [0.15, 0.2) is 11.4 Å². The molecule has 1 N–H and O–H groups in total. The van der Waals surface area contributed by atoms with Crippen LogP contribution in [0.15, 0.2) is 30.5 Å². The molecule has 0 fully saturated rings. The number of para-hydroxylation sites is 1. The molecule has 0 bridgehead atoms. The molecule has 0 saturated carbocycles. The molecule has 0 radical (unpaired) electrons. The minimum absolute atomic E-state index is 0.00328. The van der Waals surface area contributed by atoms with Crippen molar-refractivity contribution in [3.8, 4) is 17.6 Å². The molecule has 6 heteroatoms. The van der Waals surface area contributed by atoms with Crippen molar-refractivity contribution in [2.24, 2.45) is 0 Å². The second kappa shape index (κ2) is 6.01. The summed E-state index contributed by atoms with van der Waals surface area (Å²) in [5, 5.41) is 18.3. The number of hydrogen-bond donors (Lipinski definition) is 1. The number of benzene rings is 1. The minimum atomic E-state index is -1.20. The Balaban J connectivity index is 2.45. The third kappa shape index (κ3) is 3.15. The number of nitriles is 1. The van der Waals surface area contributed by atoms with Gasteiger partial charge in [0.25, 0.3) is 0 Å². The summed E-state index contributed by atoms with van der Waals surface area (Å²) in [6.45, 7) is 3.74. The smallest absolute Gasteiger partial charge is 0.358 e. The van der Waals surface area contributed by atoms with Gasteiger partial charge in [0.2, 0.25) is 0 Å². The van der Waals surface area contributed by atoms with Crippen LogP contribution in [0.4, 0.5) is 0 Å². The van der Waals surface area contributed by atoms with Gasteiger partial charge in [-0.15, -0.1) is 0 Å². The average Bonchev–Trinajstić information content (AvgIpc) is 2.47. The lowest BCUT2D eigenvalue weighted by Gasteiger charge is -2.11. The molecule has 21 heavy (non-hydrogen) atoms. The van der Waals surface area contributed by atoms with E-state index in [1.807, 2.05) is 19.9 Å². The van der Waals surface area contributed by atoms with Crippen molar-refractivity contribution >= 4 is 5.97 Å². The van der Waals surface area contributed by atoms with Crippen molar-refractivity contribution in [2.45, 2.75) is 19.8 Å². The van der Waals surface area contributed by atoms with Gasteiger partial charge >= 0.3 is 5.97 Å². The van der Waals surface area contributed by atoms with E-state index in [0.29, 0.717) is 11.4 Å². The van der Waals surface area contributed by atoms with Gasteiger partial charge in [-0.25, -0.2) is 14.8 Å². The van der Waals surface area contributed by atoms with E-state index in [4.69, 9.17) is 10.00 Å². The molecular weight excluding hydrogens is 270 g/mol. The van der Waals surface area contributed by atoms with Crippen LogP contribution in [0.5, 0.6) is 11.5 Å². The van der Waals surface area contributed by atoms with Crippen LogP contribution in [0.3, 0.4) is 0 Å². The Kier molecular flexibility index (Phi) is 4.14. The molecule has 0 spiro atoms. The van der Waals surface area contributed by atoms with E-state index in [0.717, 1.165) is 0 Å². The number of nitrogens with zero attached hydrogens (tertiary/aromatic N) is 3. The van der Waals surface area contributed by atoms with Crippen LogP contribution in [-0.4, -0.2) is 21.0 Å². The maximum absolute atomic E-state index is 11.3. The van der Waals surface area contributed by atoms with E-state index >= 15 is 0 Å². The second-order valence-electron chi connectivity index (χ2n) is 4.61. The maximum Gasteiger partial charge on any atom is 0.358 e. The van der Waals surface area contributed by atoms with E-state index in [1.165, 1.54) is 6.20 Å². The standard InChI is InChI=1S/C15H13N3O3/c1-9(2)14-17-8-12(13(18-14)15(19)20)21-11-6-4-3-5-10(11)7-16/h3-6,8-9H,1-2H3,(H,19,20). The van der Waals surface area contributed by atoms with Crippen LogP contribution < -0.4 is 4.74 Å². The molecule has 1 aromatic carbocycles. The third-order valence-electron chi connectivity index (χ3n) is 2.72. The highest BCUT2D eigenvalue weighted by atomic mass is 16.5. The Labute approximate surface area is 121 Å². The van der Waals surface area contributed by atoms with Crippen molar-refractivity contribution in [2.75, 3.05) is 0 Å². The zero-order valence-corrected chi connectivity index (χ0v) is 11.6. The van der Waals surface area contributed by atoms with Gasteiger partial charge < -0.3 is 9.84 Å². The summed E-state index contributed by atoms with van der Waals surface area (Å²) in [5.41, 5.74) is 0.0863. The quantitative estimate of drug-likeness (QED) is 0.926. The first-order valence-corrected chi connectivity index (χ1v) is 6.30. The average molecular weight is 283 g/mol. The molecule has 6 nitrogen and oxygen atoms in total. The van der Waals surface area contributed by atoms with Crippen LogP contribution in [0.25, 0.3) is 0 Å². The molecule has 0 unspecified atom stereocenters. The molecule has 1 heterocycles. The van der Waals surface area contributed by atoms with Crippen LogP contribution >= 0.6 is 0 Å². The lowest BCUT2D eigenvalue weighted by Crippen LogP contribution is -2.08. The largest absolute Gasteiger partial charge is 0.476 e. The molecular formula is C15H13N3O3. The second-order valence-corrected chi connectivity index (χ2v) is 4.61. The van der Waals surface area contributed by atoms with E-state index in [2.05, 4.69) is 9.97 Å². The zero-order valence-electron chi connectivity index (χ0n) is 11.6. The van der Waals surface area contributed by atoms with Gasteiger partial charge in [-0.2, -0.15) is 5.26 Å². The predicted molar refractivity (Wildman–Crippen MR) is 74.3 cm³/mol. The SMILES string of the molecule is CC(C)c1ncc(Oc2ccccc2C#N)c(C(=O)O)n1. The lowest BCUT2D eigenvalue weighted by atomic mass is 10.2. The highest BCUT2D eigenvalue weighted by molar-refractivity contribution is 5.88. The van der Waals surface area contributed by atoms with Crippen LogP contribution in [-0.2, 0) is 0 Å². The normalized spacial score (nSPS) is 10.2. The molecule has 0 aliphatic rings. The number of hydrogen-bond acceptors (Lipinski definition) is 5. The van der Waals surface area contributed by atoms with Gasteiger partial charge in [-0.05, 0) is 12.1 Å². The van der Waals surface area contributed by atoms with Gasteiger partial charge in [0, 0.05) is 5.92 Å². The van der Waals surface area contributed by atoms with E-state index < -0.39 is 5.97 Å². The molecule has 0 amide bonds. The number of carboxylic acid groups (broad SMARTS) is 1. The number of ether oxygens (including phenoxy) is 1. The monoisotopic (exact) mass is 283 g/mol. The van der Waals surface area contributed by atoms with Gasteiger partial charge in [0.1, 0.15) is 17.6 Å². The predicted octanol–water partition coefficient (Wildman–Crippen LogP) is 2.96. The summed E-state index contributed by atoms with van der Waals surface area (Å²) in [6, 6.07) is 8.54. The fourth-order valence-electron chi connectivity index (χ4n) is 1.66. The van der Waals surface area contributed by atoms with Crippen LogP contribution in [0, 0.1) is 11.3 Å². The summed E-state index contributed by atoms with van der Waals surface area (Å²) in [7, 11) is 0. The molecule has 2 rings (SSSR count). The van der Waals surface area contributed by atoms with Crippen molar-refractivity contribution in [3.63, 3.8) is 0 Å². The molecule has 0 atom stereocenters. The van der Waals surface area contributed by atoms with Crippen molar-refractivity contribution < 1.29 is 14.6 Å². The Morgan fingerprint density at radius 1 is 1.33 bits per heavy atom. The number of carboxylic acids is 1. The third-order valence-corrected chi connectivity index (χ3v) is 2.72. The Morgan fingerprint density at radius 3 is 2.67 bits per heavy atom. The molecule has 0 aliphatic carbocycles. The van der Waals surface area contributed by atoms with Crippen LogP contribution in [0.1, 0.15) is 41.6 Å². The fraction of sp³-hybridized carbons (Fsp3) is 0.200. The summed E-state index contributed by atoms with van der Waals surface area (Å²) in [4.78, 5) is 19.4. The zero-order chi connectivity index (χ0) is 15.4. The lowest BCUT2D eigenvalue weighted by molar-refractivity contribution is 0.0686. The summed E-state index contributed by atoms with van der Waals surface area (Å²) in [6.07, 6.45) is 1.32. The number of carbonyl (C=O) groups is 1. The molecule has 106 valence electrons. The first-order chi connectivity index (χ1) is 10.0. The Morgan fingerprint density at radius 2 is 2.05 bits per heavy atom. The summed E-state index contributed by atoms with van der Waals surface area (Å²) < 4.78 is 5.50. The number of aromatic carboxylic acids is 1. The minimum Gasteiger partial charge on any atom is -0.476 e. The highest BCUT2D eigenvalue weighted by Gasteiger charge is 2.18. The van der Waals surface area contributed by atoms with Gasteiger partial charge in [-0.3, -0.25) is 0 Å². The van der Waals surface area contributed by atoms with Crippen molar-refractivity contribution in [3.05, 3.63) is 47.5 Å². The van der Waals surface area contributed by atoms with E-state index in [-0.39, 0.29) is 23.1 Å². The van der Waals surface area contributed by atoms with Crippen molar-refractivity contribution in [1.29, 1.82) is 5.26 Å². The summed E-state index contributed by atoms with van der Waals surface area (Å²) in [5.74, 6) is -0.501. The summed E-state index contributed by atoms with van der Waals surface area (Å²) >= 11 is 0. The topological polar surface area (TPSA) is 96.1 Å². The Bertz CT molecular complexity index is 720. The number of rotatable bonds is 4. The van der Waals surface area contributed by atoms with Crippen molar-refractivity contribution in [1.82, 2.24) is 9.97 Å². The Hall–Kier alpha value is -2.94. The van der Waals surface area contributed by atoms with Gasteiger partial charge in [0.05, 0.1) is 11.8 Å².